The molecular formula is C11H9Br2N3. The lowest BCUT2D eigenvalue weighted by molar-refractivity contribution is 1.15. The second-order valence-electron chi connectivity index (χ2n) is 3.31. The number of halogens is 2. The molecule has 1 aromatic carbocycles. The molecule has 0 saturated carbocycles. The molecule has 0 fully saturated rings. The first-order chi connectivity index (χ1) is 7.65. The lowest BCUT2D eigenvalue weighted by Gasteiger charge is -2.06. The average Bonchev–Trinajstić information content (AvgIpc) is 2.27. The summed E-state index contributed by atoms with van der Waals surface area (Å²) in [4.78, 5) is 8.28. The van der Waals surface area contributed by atoms with Crippen LogP contribution < -0.4 is 5.32 Å². The van der Waals surface area contributed by atoms with E-state index in [1.165, 1.54) is 5.56 Å². The third-order valence-corrected chi connectivity index (χ3v) is 3.31. The Morgan fingerprint density at radius 2 is 1.81 bits per heavy atom. The molecule has 0 amide bonds. The number of hydrogen-bond donors (Lipinski definition) is 1. The number of nitrogens with zero attached hydrogens (tertiary/aromatic N) is 2. The maximum absolute atomic E-state index is 4.14. The fourth-order valence-corrected chi connectivity index (χ4v) is 1.76. The average molecular weight is 343 g/mol. The van der Waals surface area contributed by atoms with Gasteiger partial charge in [-0.3, -0.25) is 0 Å². The topological polar surface area (TPSA) is 37.8 Å². The van der Waals surface area contributed by atoms with Gasteiger partial charge in [-0.15, -0.1) is 0 Å². The fraction of sp³-hybridized carbons (Fsp3) is 0.0909. The zero-order valence-electron chi connectivity index (χ0n) is 8.54. The van der Waals surface area contributed by atoms with Crippen molar-refractivity contribution in [1.29, 1.82) is 0 Å². The standard InChI is InChI=1S/C11H9Br2N3/c1-7-2-3-9(4-10(7)13)16-11-14-5-8(12)6-15-11/h2-6H,1H3,(H,14,15,16). The van der Waals surface area contributed by atoms with Crippen molar-refractivity contribution < 1.29 is 0 Å². The molecule has 0 atom stereocenters. The van der Waals surface area contributed by atoms with Gasteiger partial charge in [-0.2, -0.15) is 0 Å². The summed E-state index contributed by atoms with van der Waals surface area (Å²) in [5, 5.41) is 3.13. The number of benzene rings is 1. The summed E-state index contributed by atoms with van der Waals surface area (Å²) >= 11 is 6.77. The summed E-state index contributed by atoms with van der Waals surface area (Å²) in [5.74, 6) is 0.582. The van der Waals surface area contributed by atoms with Crippen LogP contribution in [-0.4, -0.2) is 9.97 Å². The van der Waals surface area contributed by atoms with Crippen LogP contribution in [0.2, 0.25) is 0 Å². The summed E-state index contributed by atoms with van der Waals surface area (Å²) in [5.41, 5.74) is 2.15. The maximum atomic E-state index is 4.14. The van der Waals surface area contributed by atoms with E-state index in [4.69, 9.17) is 0 Å². The first-order valence-electron chi connectivity index (χ1n) is 4.66. The van der Waals surface area contributed by atoms with Crippen LogP contribution >= 0.6 is 31.9 Å². The van der Waals surface area contributed by atoms with Gasteiger partial charge in [0.15, 0.2) is 0 Å². The molecule has 2 rings (SSSR count). The van der Waals surface area contributed by atoms with E-state index >= 15 is 0 Å². The first kappa shape index (κ1) is 11.5. The highest BCUT2D eigenvalue weighted by molar-refractivity contribution is 9.10. The Bertz CT molecular complexity index is 497. The number of anilines is 2. The molecule has 0 radical (unpaired) electrons. The van der Waals surface area contributed by atoms with Crippen molar-refractivity contribution in [3.63, 3.8) is 0 Å². The minimum absolute atomic E-state index is 0.582. The van der Waals surface area contributed by atoms with Crippen molar-refractivity contribution in [2.75, 3.05) is 5.32 Å². The van der Waals surface area contributed by atoms with Gasteiger partial charge in [-0.25, -0.2) is 9.97 Å². The quantitative estimate of drug-likeness (QED) is 0.894. The molecule has 2 aromatic rings. The molecule has 0 saturated heterocycles. The fourth-order valence-electron chi connectivity index (χ4n) is 1.18. The first-order valence-corrected chi connectivity index (χ1v) is 6.24. The van der Waals surface area contributed by atoms with Crippen LogP contribution in [0.3, 0.4) is 0 Å². The number of rotatable bonds is 2. The van der Waals surface area contributed by atoms with Gasteiger partial charge in [0.25, 0.3) is 0 Å². The van der Waals surface area contributed by atoms with E-state index in [-0.39, 0.29) is 0 Å². The van der Waals surface area contributed by atoms with Gasteiger partial charge in [0, 0.05) is 22.6 Å². The summed E-state index contributed by atoms with van der Waals surface area (Å²) in [6.07, 6.45) is 3.41. The van der Waals surface area contributed by atoms with Gasteiger partial charge in [0.05, 0.1) is 4.47 Å². The van der Waals surface area contributed by atoms with Gasteiger partial charge in [-0.1, -0.05) is 22.0 Å². The molecule has 0 bridgehead atoms. The Balaban J connectivity index is 2.20. The third kappa shape index (κ3) is 2.80. The summed E-state index contributed by atoms with van der Waals surface area (Å²) in [6, 6.07) is 6.03. The van der Waals surface area contributed by atoms with E-state index in [1.807, 2.05) is 25.1 Å². The lowest BCUT2D eigenvalue weighted by atomic mass is 10.2. The highest BCUT2D eigenvalue weighted by atomic mass is 79.9. The Kier molecular flexibility index (Phi) is 3.56. The van der Waals surface area contributed by atoms with E-state index < -0.39 is 0 Å². The molecule has 3 nitrogen and oxygen atoms in total. The van der Waals surface area contributed by atoms with E-state index in [9.17, 15) is 0 Å². The molecule has 0 spiro atoms. The Morgan fingerprint density at radius 3 is 2.44 bits per heavy atom. The van der Waals surface area contributed by atoms with Gasteiger partial charge in [0.1, 0.15) is 0 Å². The van der Waals surface area contributed by atoms with Crippen molar-refractivity contribution in [3.8, 4) is 0 Å². The van der Waals surface area contributed by atoms with E-state index in [1.54, 1.807) is 12.4 Å². The van der Waals surface area contributed by atoms with Crippen molar-refractivity contribution in [2.24, 2.45) is 0 Å². The molecule has 0 unspecified atom stereocenters. The third-order valence-electron chi connectivity index (χ3n) is 2.05. The molecule has 0 aliphatic carbocycles. The van der Waals surface area contributed by atoms with Crippen molar-refractivity contribution in [3.05, 3.63) is 45.1 Å². The van der Waals surface area contributed by atoms with E-state index in [0.717, 1.165) is 14.6 Å². The molecule has 5 heteroatoms. The Hall–Kier alpha value is -0.940. The molecule has 1 N–H and O–H groups in total. The van der Waals surface area contributed by atoms with Crippen LogP contribution in [0.4, 0.5) is 11.6 Å². The monoisotopic (exact) mass is 341 g/mol. The molecule has 0 aliphatic heterocycles. The number of hydrogen-bond acceptors (Lipinski definition) is 3. The normalized spacial score (nSPS) is 10.2. The van der Waals surface area contributed by atoms with E-state index in [0.29, 0.717) is 5.95 Å². The molecule has 1 aromatic heterocycles. The SMILES string of the molecule is Cc1ccc(Nc2ncc(Br)cn2)cc1Br. The number of aryl methyl sites for hydroxylation is 1. The summed E-state index contributed by atoms with van der Waals surface area (Å²) in [7, 11) is 0. The number of aromatic nitrogens is 2. The minimum atomic E-state index is 0.582. The largest absolute Gasteiger partial charge is 0.324 e. The van der Waals surface area contributed by atoms with Gasteiger partial charge < -0.3 is 5.32 Å². The Morgan fingerprint density at radius 1 is 1.12 bits per heavy atom. The van der Waals surface area contributed by atoms with Crippen LogP contribution in [0.5, 0.6) is 0 Å². The predicted molar refractivity (Wildman–Crippen MR) is 71.9 cm³/mol. The minimum Gasteiger partial charge on any atom is -0.324 e. The highest BCUT2D eigenvalue weighted by Crippen LogP contribution is 2.22. The van der Waals surface area contributed by atoms with Gasteiger partial charge in [0.2, 0.25) is 5.95 Å². The van der Waals surface area contributed by atoms with Gasteiger partial charge >= 0.3 is 0 Å². The second kappa shape index (κ2) is 4.93. The smallest absolute Gasteiger partial charge is 0.227 e. The van der Waals surface area contributed by atoms with Crippen molar-refractivity contribution >= 4 is 43.5 Å². The second-order valence-corrected chi connectivity index (χ2v) is 5.08. The number of nitrogens with one attached hydrogen (secondary N) is 1. The van der Waals surface area contributed by atoms with Crippen LogP contribution in [-0.2, 0) is 0 Å². The van der Waals surface area contributed by atoms with Crippen LogP contribution in [0.1, 0.15) is 5.56 Å². The zero-order chi connectivity index (χ0) is 11.5. The predicted octanol–water partition coefficient (Wildman–Crippen LogP) is 4.05. The maximum Gasteiger partial charge on any atom is 0.227 e. The van der Waals surface area contributed by atoms with E-state index in [2.05, 4.69) is 47.1 Å². The van der Waals surface area contributed by atoms with Crippen molar-refractivity contribution in [1.82, 2.24) is 9.97 Å². The van der Waals surface area contributed by atoms with Crippen LogP contribution in [0, 0.1) is 6.92 Å². The summed E-state index contributed by atoms with van der Waals surface area (Å²) < 4.78 is 1.93. The zero-order valence-corrected chi connectivity index (χ0v) is 11.7. The van der Waals surface area contributed by atoms with Crippen molar-refractivity contribution in [2.45, 2.75) is 6.92 Å². The molecule has 16 heavy (non-hydrogen) atoms. The van der Waals surface area contributed by atoms with Crippen LogP contribution in [0.15, 0.2) is 39.5 Å². The molecule has 0 aliphatic rings. The molecule has 82 valence electrons. The van der Waals surface area contributed by atoms with Gasteiger partial charge in [-0.05, 0) is 40.5 Å². The summed E-state index contributed by atoms with van der Waals surface area (Å²) in [6.45, 7) is 2.05. The highest BCUT2D eigenvalue weighted by Gasteiger charge is 2.00. The Labute approximate surface area is 111 Å². The van der Waals surface area contributed by atoms with Crippen LogP contribution in [0.25, 0.3) is 0 Å². The molecule has 1 heterocycles. The lowest BCUT2D eigenvalue weighted by Crippen LogP contribution is -1.96. The molecular weight excluding hydrogens is 334 g/mol.